The molecule has 0 saturated heterocycles. The number of hydrogen-bond acceptors (Lipinski definition) is 4. The maximum atomic E-state index is 9.07. The smallest absolute Gasteiger partial charge is 0.493 e. The highest BCUT2D eigenvalue weighted by atomic mass is 35.5. The second-order valence-corrected chi connectivity index (χ2v) is 2.95. The molecule has 0 aliphatic rings. The molecule has 2 N–H and O–H groups in total. The zero-order chi connectivity index (χ0) is 10.7. The first kappa shape index (κ1) is 11.2. The minimum absolute atomic E-state index is 0.105. The van der Waals surface area contributed by atoms with Crippen molar-refractivity contribution >= 4 is 24.2 Å². The van der Waals surface area contributed by atoms with Gasteiger partial charge in [0.15, 0.2) is 0 Å². The Kier molecular flexibility index (Phi) is 3.63. The molecule has 1 aromatic carbocycles. The van der Waals surface area contributed by atoms with Crippen LogP contribution in [0.1, 0.15) is 0 Å². The van der Waals surface area contributed by atoms with Crippen molar-refractivity contribution in [2.24, 2.45) is 0 Å². The third-order valence-corrected chi connectivity index (χ3v) is 2.19. The van der Waals surface area contributed by atoms with Crippen LogP contribution in [0.2, 0.25) is 5.02 Å². The second-order valence-electron chi connectivity index (χ2n) is 2.57. The van der Waals surface area contributed by atoms with E-state index in [0.717, 1.165) is 0 Å². The van der Waals surface area contributed by atoms with Crippen LogP contribution in [0.25, 0.3) is 0 Å². The standard InChI is InChI=1S/C8H10BClO4/c1-13-5-3-4-6(14-2)8(10)7(5)9(11)12/h3-4,11-12H,1-2H3. The molecule has 1 rings (SSSR count). The van der Waals surface area contributed by atoms with Crippen molar-refractivity contribution in [1.82, 2.24) is 0 Å². The average Bonchev–Trinajstić information content (AvgIpc) is 2.16. The highest BCUT2D eigenvalue weighted by Crippen LogP contribution is 2.26. The van der Waals surface area contributed by atoms with Crippen molar-refractivity contribution in [3.05, 3.63) is 17.2 Å². The Labute approximate surface area is 87.2 Å². The number of rotatable bonds is 3. The van der Waals surface area contributed by atoms with Gasteiger partial charge in [-0.25, -0.2) is 0 Å². The van der Waals surface area contributed by atoms with Crippen LogP contribution in [0, 0.1) is 0 Å². The molecule has 0 bridgehead atoms. The van der Waals surface area contributed by atoms with Gasteiger partial charge in [0.2, 0.25) is 0 Å². The number of halogens is 1. The molecule has 0 atom stereocenters. The van der Waals surface area contributed by atoms with Gasteiger partial charge in [-0.15, -0.1) is 0 Å². The molecule has 0 radical (unpaired) electrons. The second kappa shape index (κ2) is 4.55. The van der Waals surface area contributed by atoms with Crippen molar-refractivity contribution in [2.45, 2.75) is 0 Å². The largest absolute Gasteiger partial charge is 0.497 e. The lowest BCUT2D eigenvalue weighted by molar-refractivity contribution is 0.396. The molecule has 4 nitrogen and oxygen atoms in total. The summed E-state index contributed by atoms with van der Waals surface area (Å²) in [6.07, 6.45) is 0. The third kappa shape index (κ3) is 1.95. The molecule has 0 fully saturated rings. The summed E-state index contributed by atoms with van der Waals surface area (Å²) in [7, 11) is 1.18. The van der Waals surface area contributed by atoms with Crippen molar-refractivity contribution in [3.8, 4) is 11.5 Å². The summed E-state index contributed by atoms with van der Waals surface area (Å²) in [5.41, 5.74) is 0.105. The molecule has 0 heterocycles. The van der Waals surface area contributed by atoms with E-state index in [0.29, 0.717) is 11.5 Å². The van der Waals surface area contributed by atoms with E-state index >= 15 is 0 Å². The SMILES string of the molecule is COc1ccc(OC)c(B(O)O)c1Cl. The lowest BCUT2D eigenvalue weighted by Gasteiger charge is -2.12. The Hall–Kier alpha value is -0.905. The Morgan fingerprint density at radius 1 is 1.14 bits per heavy atom. The molecule has 0 spiro atoms. The lowest BCUT2D eigenvalue weighted by atomic mass is 9.79. The molecule has 76 valence electrons. The fraction of sp³-hybridized carbons (Fsp3) is 0.250. The molecule has 1 aromatic rings. The van der Waals surface area contributed by atoms with Crippen LogP contribution in [0.3, 0.4) is 0 Å². The van der Waals surface area contributed by atoms with Gasteiger partial charge in [-0.1, -0.05) is 11.6 Å². The molecule has 0 amide bonds. The first-order valence-corrected chi connectivity index (χ1v) is 4.26. The molecule has 0 saturated carbocycles. The van der Waals surface area contributed by atoms with E-state index in [1.165, 1.54) is 14.2 Å². The van der Waals surface area contributed by atoms with Crippen LogP contribution in [0.5, 0.6) is 11.5 Å². The molecular weight excluding hydrogens is 206 g/mol. The van der Waals surface area contributed by atoms with E-state index in [4.69, 9.17) is 31.1 Å². The molecule has 6 heteroatoms. The Morgan fingerprint density at radius 2 is 1.64 bits per heavy atom. The van der Waals surface area contributed by atoms with Crippen LogP contribution in [-0.2, 0) is 0 Å². The maximum Gasteiger partial charge on any atom is 0.493 e. The number of hydrogen-bond donors (Lipinski definition) is 2. The van der Waals surface area contributed by atoms with Gasteiger partial charge in [0, 0.05) is 5.46 Å². The van der Waals surface area contributed by atoms with E-state index < -0.39 is 7.12 Å². The minimum Gasteiger partial charge on any atom is -0.497 e. The number of benzene rings is 1. The zero-order valence-electron chi connectivity index (χ0n) is 7.82. The van der Waals surface area contributed by atoms with Gasteiger partial charge in [-0.2, -0.15) is 0 Å². The predicted molar refractivity (Wildman–Crippen MR) is 54.4 cm³/mol. The summed E-state index contributed by atoms with van der Waals surface area (Å²) < 4.78 is 9.85. The topological polar surface area (TPSA) is 58.9 Å². The number of ether oxygens (including phenoxy) is 2. The molecular formula is C8H10BClO4. The van der Waals surface area contributed by atoms with Gasteiger partial charge in [0.05, 0.1) is 19.2 Å². The van der Waals surface area contributed by atoms with Crippen LogP contribution < -0.4 is 14.9 Å². The van der Waals surface area contributed by atoms with E-state index in [9.17, 15) is 0 Å². The van der Waals surface area contributed by atoms with Gasteiger partial charge in [0.25, 0.3) is 0 Å². The van der Waals surface area contributed by atoms with Gasteiger partial charge in [-0.3, -0.25) is 0 Å². The van der Waals surface area contributed by atoms with Crippen LogP contribution in [0.4, 0.5) is 0 Å². The zero-order valence-corrected chi connectivity index (χ0v) is 8.58. The summed E-state index contributed by atoms with van der Waals surface area (Å²) in [4.78, 5) is 0. The average molecular weight is 216 g/mol. The summed E-state index contributed by atoms with van der Waals surface area (Å²) >= 11 is 5.86. The fourth-order valence-corrected chi connectivity index (χ4v) is 1.46. The quantitative estimate of drug-likeness (QED) is 0.700. The van der Waals surface area contributed by atoms with E-state index in [-0.39, 0.29) is 10.5 Å². The third-order valence-electron chi connectivity index (χ3n) is 1.80. The first-order valence-electron chi connectivity index (χ1n) is 3.88. The highest BCUT2D eigenvalue weighted by Gasteiger charge is 2.23. The monoisotopic (exact) mass is 216 g/mol. The molecule has 0 aliphatic heterocycles. The van der Waals surface area contributed by atoms with Gasteiger partial charge in [0.1, 0.15) is 11.5 Å². The molecule has 14 heavy (non-hydrogen) atoms. The van der Waals surface area contributed by atoms with E-state index in [2.05, 4.69) is 0 Å². The molecule has 0 aliphatic carbocycles. The Morgan fingerprint density at radius 3 is 2.07 bits per heavy atom. The fourth-order valence-electron chi connectivity index (χ4n) is 1.13. The van der Waals surface area contributed by atoms with Crippen LogP contribution in [0.15, 0.2) is 12.1 Å². The summed E-state index contributed by atoms with van der Waals surface area (Å²) in [5.74, 6) is 0.682. The van der Waals surface area contributed by atoms with Crippen molar-refractivity contribution in [1.29, 1.82) is 0 Å². The number of methoxy groups -OCH3 is 2. The van der Waals surface area contributed by atoms with Crippen molar-refractivity contribution < 1.29 is 19.5 Å². The van der Waals surface area contributed by atoms with E-state index in [1.807, 2.05) is 0 Å². The van der Waals surface area contributed by atoms with Crippen molar-refractivity contribution in [2.75, 3.05) is 14.2 Å². The Bertz CT molecular complexity index is 329. The first-order chi connectivity index (χ1) is 6.61. The summed E-state index contributed by atoms with van der Waals surface area (Å²) in [6.45, 7) is 0. The van der Waals surface area contributed by atoms with Crippen LogP contribution >= 0.6 is 11.6 Å². The van der Waals surface area contributed by atoms with Gasteiger partial charge >= 0.3 is 7.12 Å². The molecule has 0 unspecified atom stereocenters. The van der Waals surface area contributed by atoms with Crippen molar-refractivity contribution in [3.63, 3.8) is 0 Å². The maximum absolute atomic E-state index is 9.07. The minimum atomic E-state index is -1.69. The highest BCUT2D eigenvalue weighted by molar-refractivity contribution is 6.64. The normalized spacial score (nSPS) is 9.79. The summed E-state index contributed by atoms with van der Waals surface area (Å²) in [6, 6.07) is 3.15. The van der Waals surface area contributed by atoms with Crippen LogP contribution in [-0.4, -0.2) is 31.4 Å². The lowest BCUT2D eigenvalue weighted by Crippen LogP contribution is -2.32. The molecule has 0 aromatic heterocycles. The van der Waals surface area contributed by atoms with E-state index in [1.54, 1.807) is 12.1 Å². The predicted octanol–water partition coefficient (Wildman–Crippen LogP) is 0.0370. The van der Waals surface area contributed by atoms with Gasteiger partial charge < -0.3 is 19.5 Å². The van der Waals surface area contributed by atoms with Gasteiger partial charge in [-0.05, 0) is 12.1 Å². The Balaban J connectivity index is 3.31. The summed E-state index contributed by atoms with van der Waals surface area (Å²) in [5, 5.41) is 18.3.